The van der Waals surface area contributed by atoms with Gasteiger partial charge in [-0.05, 0) is 48.4 Å². The first-order valence-electron chi connectivity index (χ1n) is 11.6. The standard InChI is InChI=1S/C28H23ClN4O3S/c1-18-31-24-12-11-23(14-25(24)37-18)32-28-30-15-21(13-26(34)36-17-20-5-3-2-4-6-20)27(35)33(28)16-19-7-9-22(29)10-8-19/h2-12,14-15H,13,16-17H2,1H3,(H,30,32). The summed E-state index contributed by atoms with van der Waals surface area (Å²) in [4.78, 5) is 35.0. The molecule has 7 nitrogen and oxygen atoms in total. The number of rotatable bonds is 8. The Bertz CT molecular complexity index is 1610. The van der Waals surface area contributed by atoms with Crippen LogP contribution in [0.25, 0.3) is 10.2 Å². The minimum Gasteiger partial charge on any atom is -0.461 e. The molecule has 0 aliphatic carbocycles. The number of thiazole rings is 1. The topological polar surface area (TPSA) is 86.1 Å². The molecule has 0 fully saturated rings. The van der Waals surface area contributed by atoms with Gasteiger partial charge in [-0.25, -0.2) is 9.97 Å². The molecule has 3 aromatic carbocycles. The summed E-state index contributed by atoms with van der Waals surface area (Å²) in [6.07, 6.45) is 1.26. The van der Waals surface area contributed by atoms with Crippen molar-refractivity contribution in [1.82, 2.24) is 14.5 Å². The van der Waals surface area contributed by atoms with Crippen molar-refractivity contribution in [1.29, 1.82) is 0 Å². The van der Waals surface area contributed by atoms with Crippen molar-refractivity contribution < 1.29 is 9.53 Å². The lowest BCUT2D eigenvalue weighted by molar-refractivity contribution is -0.144. The number of carbonyl (C=O) groups is 1. The van der Waals surface area contributed by atoms with Gasteiger partial charge in [0.05, 0.1) is 28.2 Å². The first-order chi connectivity index (χ1) is 17.9. The van der Waals surface area contributed by atoms with Crippen molar-refractivity contribution in [3.05, 3.63) is 116 Å². The molecule has 37 heavy (non-hydrogen) atoms. The Labute approximate surface area is 222 Å². The third kappa shape index (κ3) is 6.04. The highest BCUT2D eigenvalue weighted by atomic mass is 35.5. The molecule has 0 radical (unpaired) electrons. The fraction of sp³-hybridized carbons (Fsp3) is 0.143. The van der Waals surface area contributed by atoms with E-state index in [0.717, 1.165) is 32.0 Å². The van der Waals surface area contributed by atoms with Gasteiger partial charge >= 0.3 is 5.97 Å². The Balaban J connectivity index is 1.42. The molecule has 5 rings (SSSR count). The molecule has 2 aromatic heterocycles. The van der Waals surface area contributed by atoms with Gasteiger partial charge in [0, 0.05) is 22.5 Å². The van der Waals surface area contributed by atoms with Crippen LogP contribution in [-0.2, 0) is 29.1 Å². The number of benzene rings is 3. The fourth-order valence-corrected chi connectivity index (χ4v) is 4.86. The average Bonchev–Trinajstić information content (AvgIpc) is 3.27. The number of aryl methyl sites for hydroxylation is 1. The third-order valence-corrected chi connectivity index (χ3v) is 6.89. The van der Waals surface area contributed by atoms with Crippen LogP contribution in [0, 0.1) is 6.92 Å². The molecule has 0 amide bonds. The molecule has 0 aliphatic heterocycles. The maximum absolute atomic E-state index is 13.5. The second kappa shape index (κ2) is 10.9. The summed E-state index contributed by atoms with van der Waals surface area (Å²) in [6, 6.07) is 22.5. The SMILES string of the molecule is Cc1nc2ccc(Nc3ncc(CC(=O)OCc4ccccc4)c(=O)n3Cc3ccc(Cl)cc3)cc2s1. The second-order valence-corrected chi connectivity index (χ2v) is 10.2. The Hall–Kier alpha value is -4.01. The molecule has 9 heteroatoms. The number of anilines is 2. The Kier molecular flexibility index (Phi) is 7.30. The van der Waals surface area contributed by atoms with Crippen molar-refractivity contribution >= 4 is 50.8 Å². The predicted molar refractivity (Wildman–Crippen MR) is 147 cm³/mol. The van der Waals surface area contributed by atoms with E-state index in [2.05, 4.69) is 15.3 Å². The number of nitrogens with zero attached hydrogens (tertiary/aromatic N) is 3. The van der Waals surface area contributed by atoms with Gasteiger partial charge in [-0.15, -0.1) is 11.3 Å². The Morgan fingerprint density at radius 3 is 2.62 bits per heavy atom. The Morgan fingerprint density at radius 1 is 1.05 bits per heavy atom. The molecule has 2 heterocycles. The summed E-state index contributed by atoms with van der Waals surface area (Å²) in [5.41, 5.74) is 3.38. The van der Waals surface area contributed by atoms with Gasteiger partial charge in [-0.1, -0.05) is 54.1 Å². The molecule has 0 atom stereocenters. The number of ether oxygens (including phenoxy) is 1. The van der Waals surface area contributed by atoms with Gasteiger partial charge in [0.25, 0.3) is 5.56 Å². The number of carbonyl (C=O) groups excluding carboxylic acids is 1. The van der Waals surface area contributed by atoms with Crippen molar-refractivity contribution in [2.45, 2.75) is 26.5 Å². The van der Waals surface area contributed by atoms with Crippen molar-refractivity contribution in [3.63, 3.8) is 0 Å². The van der Waals surface area contributed by atoms with E-state index in [4.69, 9.17) is 16.3 Å². The number of esters is 1. The number of fused-ring (bicyclic) bond motifs is 1. The largest absolute Gasteiger partial charge is 0.461 e. The van der Waals surface area contributed by atoms with Gasteiger partial charge in [0.15, 0.2) is 0 Å². The lowest BCUT2D eigenvalue weighted by Crippen LogP contribution is -2.29. The van der Waals surface area contributed by atoms with Crippen LogP contribution in [-0.4, -0.2) is 20.5 Å². The highest BCUT2D eigenvalue weighted by molar-refractivity contribution is 7.18. The maximum atomic E-state index is 13.5. The van der Waals surface area contributed by atoms with Crippen molar-refractivity contribution in [2.75, 3.05) is 5.32 Å². The van der Waals surface area contributed by atoms with Crippen LogP contribution >= 0.6 is 22.9 Å². The fourth-order valence-electron chi connectivity index (χ4n) is 3.86. The first kappa shape index (κ1) is 24.7. The highest BCUT2D eigenvalue weighted by Crippen LogP contribution is 2.26. The zero-order chi connectivity index (χ0) is 25.8. The normalized spacial score (nSPS) is 11.0. The summed E-state index contributed by atoms with van der Waals surface area (Å²) < 4.78 is 7.93. The molecule has 0 unspecified atom stereocenters. The third-order valence-electron chi connectivity index (χ3n) is 5.70. The monoisotopic (exact) mass is 530 g/mol. The van der Waals surface area contributed by atoms with Crippen molar-refractivity contribution in [3.8, 4) is 0 Å². The molecule has 0 aliphatic rings. The van der Waals surface area contributed by atoms with Gasteiger partial charge < -0.3 is 10.1 Å². The zero-order valence-corrected chi connectivity index (χ0v) is 21.6. The molecular formula is C28H23ClN4O3S. The van der Waals surface area contributed by atoms with E-state index in [9.17, 15) is 9.59 Å². The van der Waals surface area contributed by atoms with Crippen LogP contribution in [0.3, 0.4) is 0 Å². The lowest BCUT2D eigenvalue weighted by atomic mass is 10.2. The molecule has 0 bridgehead atoms. The van der Waals surface area contributed by atoms with Gasteiger partial charge in [-0.3, -0.25) is 14.2 Å². The lowest BCUT2D eigenvalue weighted by Gasteiger charge is -2.15. The van der Waals surface area contributed by atoms with Crippen LogP contribution in [0.1, 0.15) is 21.7 Å². The summed E-state index contributed by atoms with van der Waals surface area (Å²) in [5, 5.41) is 4.85. The van der Waals surface area contributed by atoms with E-state index in [1.165, 1.54) is 10.8 Å². The van der Waals surface area contributed by atoms with Gasteiger partial charge in [0.2, 0.25) is 5.95 Å². The summed E-state index contributed by atoms with van der Waals surface area (Å²) in [5.74, 6) is -0.130. The van der Waals surface area contributed by atoms with E-state index in [0.29, 0.717) is 11.0 Å². The van der Waals surface area contributed by atoms with Gasteiger partial charge in [0.1, 0.15) is 6.61 Å². The van der Waals surface area contributed by atoms with Crippen LogP contribution < -0.4 is 10.9 Å². The average molecular weight is 531 g/mol. The quantitative estimate of drug-likeness (QED) is 0.252. The van der Waals surface area contributed by atoms with E-state index in [1.54, 1.807) is 23.5 Å². The molecular weight excluding hydrogens is 508 g/mol. The number of hydrogen-bond donors (Lipinski definition) is 1. The maximum Gasteiger partial charge on any atom is 0.310 e. The molecule has 1 N–H and O–H groups in total. The smallest absolute Gasteiger partial charge is 0.310 e. The molecule has 0 spiro atoms. The van der Waals surface area contributed by atoms with E-state index in [-0.39, 0.29) is 30.7 Å². The summed E-state index contributed by atoms with van der Waals surface area (Å²) in [6.45, 7) is 2.36. The first-order valence-corrected chi connectivity index (χ1v) is 12.8. The van der Waals surface area contributed by atoms with Crippen molar-refractivity contribution in [2.24, 2.45) is 0 Å². The summed E-state index contributed by atoms with van der Waals surface area (Å²) in [7, 11) is 0. The minimum absolute atomic E-state index is 0.144. The highest BCUT2D eigenvalue weighted by Gasteiger charge is 2.16. The zero-order valence-electron chi connectivity index (χ0n) is 20.0. The number of hydrogen-bond acceptors (Lipinski definition) is 7. The molecule has 0 saturated heterocycles. The van der Waals surface area contributed by atoms with Gasteiger partial charge in [-0.2, -0.15) is 0 Å². The van der Waals surface area contributed by atoms with Crippen LogP contribution in [0.4, 0.5) is 11.6 Å². The van der Waals surface area contributed by atoms with Crippen LogP contribution in [0.5, 0.6) is 0 Å². The second-order valence-electron chi connectivity index (χ2n) is 8.49. The summed E-state index contributed by atoms with van der Waals surface area (Å²) >= 11 is 7.64. The van der Waals surface area contributed by atoms with E-state index < -0.39 is 5.97 Å². The van der Waals surface area contributed by atoms with Crippen LogP contribution in [0.15, 0.2) is 83.8 Å². The Morgan fingerprint density at radius 2 is 1.84 bits per heavy atom. The molecule has 186 valence electrons. The van der Waals surface area contributed by atoms with E-state index in [1.807, 2.05) is 67.6 Å². The number of halogens is 1. The molecule has 0 saturated carbocycles. The molecule has 5 aromatic rings. The minimum atomic E-state index is -0.493. The van der Waals surface area contributed by atoms with Crippen LogP contribution in [0.2, 0.25) is 5.02 Å². The van der Waals surface area contributed by atoms with E-state index >= 15 is 0 Å². The number of nitrogens with one attached hydrogen (secondary N) is 1. The number of aromatic nitrogens is 3. The predicted octanol–water partition coefficient (Wildman–Crippen LogP) is 5.89.